The molecule has 2 heterocycles. The lowest BCUT2D eigenvalue weighted by Gasteiger charge is -2.36. The Hall–Kier alpha value is -2.63. The molecule has 1 fully saturated rings. The lowest BCUT2D eigenvalue weighted by Crippen LogP contribution is -2.44. The highest BCUT2D eigenvalue weighted by molar-refractivity contribution is 6.31. The number of aliphatic carboxylic acids is 1. The number of benzene rings is 2. The van der Waals surface area contributed by atoms with E-state index in [1.54, 1.807) is 7.11 Å². The molecule has 0 saturated carbocycles. The van der Waals surface area contributed by atoms with Crippen molar-refractivity contribution in [2.45, 2.75) is 44.9 Å². The van der Waals surface area contributed by atoms with Crippen LogP contribution in [0.15, 0.2) is 54.7 Å². The first-order valence-corrected chi connectivity index (χ1v) is 13.0. The number of halogens is 1. The second-order valence-corrected chi connectivity index (χ2v) is 10.00. The lowest BCUT2D eigenvalue weighted by molar-refractivity contribution is -0.146. The van der Waals surface area contributed by atoms with Gasteiger partial charge in [-0.1, -0.05) is 29.8 Å². The topological polar surface area (TPSA) is 62.7 Å². The van der Waals surface area contributed by atoms with Crippen LogP contribution in [0.4, 0.5) is 0 Å². The SMILES string of the molecule is COc1ccc2nccc(CCC[C@@H]3CCN(CCCCc4ccccc4Cl)C[C@@H]3C(=O)O)c2c1. The Morgan fingerprint density at radius 1 is 1.11 bits per heavy atom. The van der Waals surface area contributed by atoms with Gasteiger partial charge in [-0.05, 0) is 105 Å². The van der Waals surface area contributed by atoms with E-state index in [0.717, 1.165) is 79.7 Å². The summed E-state index contributed by atoms with van der Waals surface area (Å²) in [6.45, 7) is 2.59. The highest BCUT2D eigenvalue weighted by Crippen LogP contribution is 2.30. The smallest absolute Gasteiger partial charge is 0.308 e. The number of fused-ring (bicyclic) bond motifs is 1. The molecular weight excluding hydrogens is 460 g/mol. The van der Waals surface area contributed by atoms with Crippen molar-refractivity contribution >= 4 is 28.5 Å². The van der Waals surface area contributed by atoms with Crippen molar-refractivity contribution in [3.63, 3.8) is 0 Å². The van der Waals surface area contributed by atoms with Gasteiger partial charge < -0.3 is 14.7 Å². The first kappa shape index (κ1) is 25.5. The van der Waals surface area contributed by atoms with Gasteiger partial charge in [0, 0.05) is 23.2 Å². The lowest BCUT2D eigenvalue weighted by atomic mass is 9.81. The molecule has 0 unspecified atom stereocenters. The number of carbonyl (C=O) groups is 1. The zero-order valence-corrected chi connectivity index (χ0v) is 21.2. The second kappa shape index (κ2) is 12.4. The molecule has 186 valence electrons. The number of likely N-dealkylation sites (tertiary alicyclic amines) is 1. The van der Waals surface area contributed by atoms with Crippen LogP contribution in [0.25, 0.3) is 10.9 Å². The summed E-state index contributed by atoms with van der Waals surface area (Å²) in [4.78, 5) is 18.9. The largest absolute Gasteiger partial charge is 0.497 e. The van der Waals surface area contributed by atoms with Gasteiger partial charge in [0.15, 0.2) is 0 Å². The molecule has 2 aromatic carbocycles. The van der Waals surface area contributed by atoms with Gasteiger partial charge in [-0.15, -0.1) is 0 Å². The molecule has 0 radical (unpaired) electrons. The van der Waals surface area contributed by atoms with Crippen LogP contribution in [0.2, 0.25) is 5.02 Å². The Bertz CT molecular complexity index is 1140. The molecule has 2 atom stereocenters. The van der Waals surface area contributed by atoms with Crippen LogP contribution in [0.1, 0.15) is 43.2 Å². The summed E-state index contributed by atoms with van der Waals surface area (Å²) in [5.41, 5.74) is 3.41. The number of carboxylic acid groups (broad SMARTS) is 1. The average molecular weight is 495 g/mol. The zero-order chi connectivity index (χ0) is 24.6. The zero-order valence-electron chi connectivity index (χ0n) is 20.5. The van der Waals surface area contributed by atoms with Crippen LogP contribution in [-0.2, 0) is 17.6 Å². The summed E-state index contributed by atoms with van der Waals surface area (Å²) < 4.78 is 5.39. The van der Waals surface area contributed by atoms with E-state index >= 15 is 0 Å². The number of rotatable bonds is 11. The van der Waals surface area contributed by atoms with Gasteiger partial charge >= 0.3 is 5.97 Å². The maximum atomic E-state index is 12.1. The van der Waals surface area contributed by atoms with Crippen molar-refractivity contribution in [3.8, 4) is 5.75 Å². The van der Waals surface area contributed by atoms with Crippen LogP contribution in [0.5, 0.6) is 5.75 Å². The van der Waals surface area contributed by atoms with E-state index in [-0.39, 0.29) is 11.8 Å². The standard InChI is InChI=1S/C29H35ClN2O3/c1-35-24-12-13-28-25(19-24)21(14-16-31-28)9-6-10-22-15-18-32(20-26(22)29(33)34)17-5-4-8-23-7-2-3-11-27(23)30/h2-3,7,11-14,16,19,22,26H,4-6,8-10,15,17-18,20H2,1H3,(H,33,34)/t22-,26+/m1/s1. The number of hydrogen-bond donors (Lipinski definition) is 1. The van der Waals surface area contributed by atoms with E-state index in [0.29, 0.717) is 6.54 Å². The van der Waals surface area contributed by atoms with E-state index in [4.69, 9.17) is 16.3 Å². The summed E-state index contributed by atoms with van der Waals surface area (Å²) in [6.07, 6.45) is 8.72. The van der Waals surface area contributed by atoms with Crippen LogP contribution < -0.4 is 4.74 Å². The van der Waals surface area contributed by atoms with Gasteiger partial charge in [0.25, 0.3) is 0 Å². The third-order valence-corrected chi connectivity index (χ3v) is 7.71. The molecule has 0 spiro atoms. The van der Waals surface area contributed by atoms with Crippen molar-refractivity contribution in [1.82, 2.24) is 9.88 Å². The molecule has 3 aromatic rings. The van der Waals surface area contributed by atoms with E-state index in [2.05, 4.69) is 22.0 Å². The molecule has 1 saturated heterocycles. The molecule has 6 heteroatoms. The minimum absolute atomic E-state index is 0.231. The van der Waals surface area contributed by atoms with Crippen molar-refractivity contribution in [1.29, 1.82) is 0 Å². The summed E-state index contributed by atoms with van der Waals surface area (Å²) in [5.74, 6) is 0.114. The Labute approximate surface area is 213 Å². The number of aromatic nitrogens is 1. The van der Waals surface area contributed by atoms with Crippen LogP contribution in [0, 0.1) is 11.8 Å². The normalized spacial score (nSPS) is 18.6. The van der Waals surface area contributed by atoms with Gasteiger partial charge in [0.2, 0.25) is 0 Å². The maximum absolute atomic E-state index is 12.1. The van der Waals surface area contributed by atoms with Crippen molar-refractivity contribution < 1.29 is 14.6 Å². The third-order valence-electron chi connectivity index (χ3n) is 7.35. The Morgan fingerprint density at radius 3 is 2.74 bits per heavy atom. The fraction of sp³-hybridized carbons (Fsp3) is 0.448. The molecule has 1 aromatic heterocycles. The number of carboxylic acids is 1. The molecular formula is C29H35ClN2O3. The molecule has 0 aliphatic carbocycles. The highest BCUT2D eigenvalue weighted by Gasteiger charge is 2.33. The van der Waals surface area contributed by atoms with E-state index in [1.807, 2.05) is 42.6 Å². The summed E-state index contributed by atoms with van der Waals surface area (Å²) >= 11 is 6.26. The summed E-state index contributed by atoms with van der Waals surface area (Å²) in [7, 11) is 1.68. The Balaban J connectivity index is 1.26. The quantitative estimate of drug-likeness (QED) is 0.318. The fourth-order valence-corrected chi connectivity index (χ4v) is 5.56. The number of aryl methyl sites for hydroxylation is 2. The molecule has 0 bridgehead atoms. The maximum Gasteiger partial charge on any atom is 0.308 e. The number of pyridine rings is 1. The van der Waals surface area contributed by atoms with E-state index in [9.17, 15) is 9.90 Å². The number of ether oxygens (including phenoxy) is 1. The Morgan fingerprint density at radius 2 is 1.94 bits per heavy atom. The van der Waals surface area contributed by atoms with Crippen molar-refractivity contribution in [2.75, 3.05) is 26.7 Å². The van der Waals surface area contributed by atoms with Gasteiger partial charge in [0.1, 0.15) is 5.75 Å². The van der Waals surface area contributed by atoms with Crippen LogP contribution >= 0.6 is 11.6 Å². The monoisotopic (exact) mass is 494 g/mol. The molecule has 1 aliphatic rings. The molecule has 4 rings (SSSR count). The number of methoxy groups -OCH3 is 1. The van der Waals surface area contributed by atoms with Crippen molar-refractivity contribution in [3.05, 3.63) is 70.9 Å². The van der Waals surface area contributed by atoms with Crippen LogP contribution in [-0.4, -0.2) is 47.7 Å². The van der Waals surface area contributed by atoms with Gasteiger partial charge in [-0.25, -0.2) is 0 Å². The highest BCUT2D eigenvalue weighted by atomic mass is 35.5. The predicted octanol–water partition coefficient (Wildman–Crippen LogP) is 6.27. The molecule has 0 amide bonds. The minimum atomic E-state index is -0.658. The first-order chi connectivity index (χ1) is 17.0. The average Bonchev–Trinajstić information content (AvgIpc) is 2.88. The molecule has 1 aliphatic heterocycles. The van der Waals surface area contributed by atoms with E-state index < -0.39 is 5.97 Å². The summed E-state index contributed by atoms with van der Waals surface area (Å²) in [5, 5.41) is 11.9. The van der Waals surface area contributed by atoms with Gasteiger partial charge in [0.05, 0.1) is 18.5 Å². The Kier molecular flexibility index (Phi) is 9.00. The fourth-order valence-electron chi connectivity index (χ4n) is 5.33. The number of hydrogen-bond acceptors (Lipinski definition) is 4. The van der Waals surface area contributed by atoms with Gasteiger partial charge in [-0.3, -0.25) is 9.78 Å². The minimum Gasteiger partial charge on any atom is -0.497 e. The number of unbranched alkanes of at least 4 members (excludes halogenated alkanes) is 1. The molecule has 35 heavy (non-hydrogen) atoms. The number of nitrogens with zero attached hydrogens (tertiary/aromatic N) is 2. The van der Waals surface area contributed by atoms with Gasteiger partial charge in [-0.2, -0.15) is 0 Å². The predicted molar refractivity (Wildman–Crippen MR) is 141 cm³/mol. The second-order valence-electron chi connectivity index (χ2n) is 9.59. The molecule has 5 nitrogen and oxygen atoms in total. The van der Waals surface area contributed by atoms with Crippen LogP contribution in [0.3, 0.4) is 0 Å². The van der Waals surface area contributed by atoms with Crippen molar-refractivity contribution in [2.24, 2.45) is 11.8 Å². The summed E-state index contributed by atoms with van der Waals surface area (Å²) in [6, 6.07) is 16.0. The molecule has 1 N–H and O–H groups in total. The van der Waals surface area contributed by atoms with E-state index in [1.165, 1.54) is 11.1 Å². The third kappa shape index (κ3) is 6.74. The first-order valence-electron chi connectivity index (χ1n) is 12.7. The number of piperidine rings is 1.